The van der Waals surface area contributed by atoms with Crippen LogP contribution in [0.4, 0.5) is 0 Å². The van der Waals surface area contributed by atoms with Crippen LogP contribution in [0.25, 0.3) is 5.57 Å². The van der Waals surface area contributed by atoms with Crippen LogP contribution in [0.1, 0.15) is 31.4 Å². The van der Waals surface area contributed by atoms with Crippen molar-refractivity contribution in [3.63, 3.8) is 0 Å². The van der Waals surface area contributed by atoms with E-state index in [1.165, 1.54) is 6.08 Å². The highest BCUT2D eigenvalue weighted by Gasteiger charge is 2.56. The molecule has 2 aliphatic heterocycles. The first-order valence-corrected chi connectivity index (χ1v) is 9.02. The summed E-state index contributed by atoms with van der Waals surface area (Å²) in [7, 11) is 0. The van der Waals surface area contributed by atoms with Crippen molar-refractivity contribution >= 4 is 34.7 Å². The van der Waals surface area contributed by atoms with Crippen LogP contribution in [0, 0.1) is 11.8 Å². The molecule has 1 fully saturated rings. The molecule has 1 aromatic rings. The van der Waals surface area contributed by atoms with E-state index in [4.69, 9.17) is 22.7 Å². The quantitative estimate of drug-likeness (QED) is 0.361. The lowest BCUT2D eigenvalue weighted by atomic mass is 9.78. The normalized spacial score (nSPS) is 21.5. The van der Waals surface area contributed by atoms with E-state index >= 15 is 0 Å². The zero-order chi connectivity index (χ0) is 19.0. The number of thiocarbonyl (C=S) groups is 1. The summed E-state index contributed by atoms with van der Waals surface area (Å²) in [6, 6.07) is 7.43. The van der Waals surface area contributed by atoms with Crippen molar-refractivity contribution in [1.82, 2.24) is 4.90 Å². The van der Waals surface area contributed by atoms with Crippen molar-refractivity contribution < 1.29 is 14.3 Å². The van der Waals surface area contributed by atoms with Crippen LogP contribution < -0.4 is 5.73 Å². The number of hydrogen-bond donors (Lipinski definition) is 1. The number of benzene rings is 1. The molecular formula is C20H22N2O3S. The summed E-state index contributed by atoms with van der Waals surface area (Å²) in [6.07, 6.45) is 2.13. The number of rotatable bonds is 6. The van der Waals surface area contributed by atoms with Crippen molar-refractivity contribution in [2.75, 3.05) is 6.61 Å². The molecule has 26 heavy (non-hydrogen) atoms. The monoisotopic (exact) mass is 370 g/mol. The van der Waals surface area contributed by atoms with E-state index < -0.39 is 5.97 Å². The topological polar surface area (TPSA) is 72.6 Å². The van der Waals surface area contributed by atoms with E-state index in [0.717, 1.165) is 16.7 Å². The standard InChI is InChI=1S/C20H22N2O3S/c1-4-8-25-20(24)17-14(12-6-5-7-13(9-12)18(21)26)10-15-16(11(2)3)19(23)22(15)17/h4-7,9,11,15-16H,1,8,10H2,2-3H3,(H2,21,26). The highest BCUT2D eigenvalue weighted by molar-refractivity contribution is 7.80. The molecule has 3 rings (SSSR count). The first-order chi connectivity index (χ1) is 12.4. The number of fused-ring (bicyclic) bond motifs is 1. The van der Waals surface area contributed by atoms with Gasteiger partial charge in [0.1, 0.15) is 17.3 Å². The number of carbonyl (C=O) groups is 2. The van der Waals surface area contributed by atoms with Gasteiger partial charge in [0.2, 0.25) is 5.91 Å². The summed E-state index contributed by atoms with van der Waals surface area (Å²) in [5.74, 6) is -0.375. The number of nitrogens with two attached hydrogens (primary N) is 1. The molecule has 5 nitrogen and oxygen atoms in total. The molecule has 2 N–H and O–H groups in total. The number of ether oxygens (including phenoxy) is 1. The predicted octanol–water partition coefficient (Wildman–Crippen LogP) is 2.65. The van der Waals surface area contributed by atoms with Crippen molar-refractivity contribution in [2.24, 2.45) is 17.6 Å². The van der Waals surface area contributed by atoms with E-state index in [1.807, 2.05) is 38.1 Å². The Morgan fingerprint density at radius 3 is 2.85 bits per heavy atom. The van der Waals surface area contributed by atoms with Gasteiger partial charge in [0.15, 0.2) is 0 Å². The third kappa shape index (κ3) is 2.94. The minimum Gasteiger partial charge on any atom is -0.457 e. The van der Waals surface area contributed by atoms with Crippen molar-refractivity contribution in [3.05, 3.63) is 53.7 Å². The van der Waals surface area contributed by atoms with Gasteiger partial charge in [-0.05, 0) is 29.5 Å². The van der Waals surface area contributed by atoms with Gasteiger partial charge in [-0.2, -0.15) is 0 Å². The van der Waals surface area contributed by atoms with Gasteiger partial charge in [-0.1, -0.05) is 56.9 Å². The van der Waals surface area contributed by atoms with Gasteiger partial charge >= 0.3 is 5.97 Å². The summed E-state index contributed by atoms with van der Waals surface area (Å²) in [6.45, 7) is 7.72. The number of amides is 1. The zero-order valence-electron chi connectivity index (χ0n) is 14.9. The van der Waals surface area contributed by atoms with Crippen LogP contribution in [-0.4, -0.2) is 34.4 Å². The molecule has 2 heterocycles. The Morgan fingerprint density at radius 1 is 1.50 bits per heavy atom. The number of β-lactam (4-membered cyclic amide) rings is 1. The molecule has 136 valence electrons. The zero-order valence-corrected chi connectivity index (χ0v) is 15.7. The van der Waals surface area contributed by atoms with Gasteiger partial charge in [-0.3, -0.25) is 4.79 Å². The van der Waals surface area contributed by atoms with Crippen LogP contribution in [0.5, 0.6) is 0 Å². The van der Waals surface area contributed by atoms with Crippen LogP contribution in [-0.2, 0) is 14.3 Å². The lowest BCUT2D eigenvalue weighted by Crippen LogP contribution is -2.60. The third-order valence-corrected chi connectivity index (χ3v) is 5.18. The largest absolute Gasteiger partial charge is 0.457 e. The highest BCUT2D eigenvalue weighted by atomic mass is 32.1. The number of esters is 1. The van der Waals surface area contributed by atoms with E-state index in [2.05, 4.69) is 6.58 Å². The van der Waals surface area contributed by atoms with E-state index in [-0.39, 0.29) is 30.4 Å². The van der Waals surface area contributed by atoms with Crippen LogP contribution in [0.3, 0.4) is 0 Å². The molecular weight excluding hydrogens is 348 g/mol. The Morgan fingerprint density at radius 2 is 2.23 bits per heavy atom. The summed E-state index contributed by atoms with van der Waals surface area (Å²) in [5.41, 5.74) is 8.44. The summed E-state index contributed by atoms with van der Waals surface area (Å²) in [4.78, 5) is 27.2. The van der Waals surface area contributed by atoms with E-state index in [0.29, 0.717) is 17.1 Å². The number of nitrogens with zero attached hydrogens (tertiary/aromatic N) is 1. The smallest absolute Gasteiger partial charge is 0.355 e. The summed E-state index contributed by atoms with van der Waals surface area (Å²) < 4.78 is 5.24. The minimum absolute atomic E-state index is 0.00253. The molecule has 0 aromatic heterocycles. The Labute approximate surface area is 158 Å². The fourth-order valence-corrected chi connectivity index (χ4v) is 3.91. The van der Waals surface area contributed by atoms with Crippen LogP contribution in [0.15, 0.2) is 42.6 Å². The molecule has 2 atom stereocenters. The lowest BCUT2D eigenvalue weighted by molar-refractivity contribution is -0.158. The predicted molar refractivity (Wildman–Crippen MR) is 104 cm³/mol. The maximum Gasteiger partial charge on any atom is 0.355 e. The average Bonchev–Trinajstić information content (AvgIpc) is 2.94. The number of carbonyl (C=O) groups excluding carboxylic acids is 2. The number of hydrogen-bond acceptors (Lipinski definition) is 4. The van der Waals surface area contributed by atoms with Crippen LogP contribution in [0.2, 0.25) is 0 Å². The molecule has 0 aliphatic carbocycles. The van der Waals surface area contributed by atoms with Crippen LogP contribution >= 0.6 is 12.2 Å². The maximum atomic E-state index is 12.6. The Balaban J connectivity index is 2.04. The van der Waals surface area contributed by atoms with Crippen molar-refractivity contribution in [2.45, 2.75) is 26.3 Å². The molecule has 0 bridgehead atoms. The van der Waals surface area contributed by atoms with E-state index in [9.17, 15) is 9.59 Å². The first kappa shape index (κ1) is 18.3. The Bertz CT molecular complexity index is 828. The maximum absolute atomic E-state index is 12.6. The van der Waals surface area contributed by atoms with Gasteiger partial charge in [-0.25, -0.2) is 4.79 Å². The summed E-state index contributed by atoms with van der Waals surface area (Å²) >= 11 is 5.06. The lowest BCUT2D eigenvalue weighted by Gasteiger charge is -2.45. The highest BCUT2D eigenvalue weighted by Crippen LogP contribution is 2.48. The Hall–Kier alpha value is -2.47. The van der Waals surface area contributed by atoms with Crippen molar-refractivity contribution in [3.8, 4) is 0 Å². The fourth-order valence-electron chi connectivity index (χ4n) is 3.78. The third-order valence-electron chi connectivity index (χ3n) is 4.95. The second-order valence-corrected chi connectivity index (χ2v) is 7.35. The fraction of sp³-hybridized carbons (Fsp3) is 0.350. The van der Waals surface area contributed by atoms with Crippen molar-refractivity contribution in [1.29, 1.82) is 0 Å². The molecule has 0 saturated carbocycles. The molecule has 2 unspecified atom stereocenters. The van der Waals surface area contributed by atoms with Gasteiger partial charge in [0.05, 0.1) is 12.0 Å². The summed E-state index contributed by atoms with van der Waals surface area (Å²) in [5, 5.41) is 0. The molecule has 2 aliphatic rings. The van der Waals surface area contributed by atoms with Gasteiger partial charge in [0, 0.05) is 5.56 Å². The SMILES string of the molecule is C=CCOC(=O)C1=C(c2cccc(C(N)=S)c2)CC2C(C(C)C)C(=O)N12. The average molecular weight is 370 g/mol. The first-order valence-electron chi connectivity index (χ1n) is 8.61. The van der Waals surface area contributed by atoms with Gasteiger partial charge < -0.3 is 15.4 Å². The Kier molecular flexibility index (Phi) is 4.96. The molecule has 6 heteroatoms. The molecule has 1 amide bonds. The second kappa shape index (κ2) is 7.03. The molecule has 1 saturated heterocycles. The van der Waals surface area contributed by atoms with Gasteiger partial charge in [0.25, 0.3) is 0 Å². The van der Waals surface area contributed by atoms with E-state index in [1.54, 1.807) is 4.90 Å². The minimum atomic E-state index is -0.501. The molecule has 1 aromatic carbocycles. The second-order valence-electron chi connectivity index (χ2n) is 6.91. The molecule has 0 spiro atoms. The van der Waals surface area contributed by atoms with Gasteiger partial charge in [-0.15, -0.1) is 0 Å². The molecule has 0 radical (unpaired) electrons.